The standard InChI is InChI=1S/C22H17BrN2O2/c1-13-10-14(2)20-19(11-13)25-22(27-20)15-6-8-18(9-7-15)24-21(26)16-4-3-5-17(23)12-16/h3-12H,1-2H3,(H,24,26). The summed E-state index contributed by atoms with van der Waals surface area (Å²) in [6, 6.07) is 18.8. The van der Waals surface area contributed by atoms with Crippen LogP contribution in [0.15, 0.2) is 69.6 Å². The Morgan fingerprint density at radius 2 is 1.81 bits per heavy atom. The van der Waals surface area contributed by atoms with Gasteiger partial charge in [-0.1, -0.05) is 28.1 Å². The molecule has 134 valence electrons. The van der Waals surface area contributed by atoms with Gasteiger partial charge in [-0.05, 0) is 73.5 Å². The zero-order chi connectivity index (χ0) is 19.0. The molecule has 4 nitrogen and oxygen atoms in total. The number of nitrogens with one attached hydrogen (secondary N) is 1. The molecule has 0 fully saturated rings. The summed E-state index contributed by atoms with van der Waals surface area (Å²) in [7, 11) is 0. The van der Waals surface area contributed by atoms with Crippen molar-refractivity contribution in [3.8, 4) is 11.5 Å². The smallest absolute Gasteiger partial charge is 0.255 e. The lowest BCUT2D eigenvalue weighted by Gasteiger charge is -2.06. The number of halogens is 1. The Morgan fingerprint density at radius 3 is 2.56 bits per heavy atom. The van der Waals surface area contributed by atoms with Crippen LogP contribution in [0.25, 0.3) is 22.6 Å². The van der Waals surface area contributed by atoms with Gasteiger partial charge < -0.3 is 9.73 Å². The number of oxazole rings is 1. The Balaban J connectivity index is 1.57. The van der Waals surface area contributed by atoms with Crippen LogP contribution in [-0.2, 0) is 0 Å². The second-order valence-corrected chi connectivity index (χ2v) is 7.41. The maximum atomic E-state index is 12.3. The van der Waals surface area contributed by atoms with Gasteiger partial charge in [-0.2, -0.15) is 0 Å². The maximum Gasteiger partial charge on any atom is 0.255 e. The molecule has 5 heteroatoms. The number of aromatic nitrogens is 1. The number of hydrogen-bond acceptors (Lipinski definition) is 3. The van der Waals surface area contributed by atoms with Crippen LogP contribution in [0.4, 0.5) is 5.69 Å². The molecule has 3 aromatic carbocycles. The molecule has 4 aromatic rings. The number of anilines is 1. The van der Waals surface area contributed by atoms with Crippen LogP contribution in [0.5, 0.6) is 0 Å². The Bertz CT molecular complexity index is 1150. The van der Waals surface area contributed by atoms with Gasteiger partial charge in [0.25, 0.3) is 5.91 Å². The highest BCUT2D eigenvalue weighted by molar-refractivity contribution is 9.10. The van der Waals surface area contributed by atoms with Crippen molar-refractivity contribution >= 4 is 38.6 Å². The van der Waals surface area contributed by atoms with Crippen molar-refractivity contribution in [2.24, 2.45) is 0 Å². The van der Waals surface area contributed by atoms with Gasteiger partial charge in [0.2, 0.25) is 5.89 Å². The Labute approximate surface area is 165 Å². The minimum atomic E-state index is -0.156. The van der Waals surface area contributed by atoms with Gasteiger partial charge >= 0.3 is 0 Å². The predicted octanol–water partition coefficient (Wildman–Crippen LogP) is 6.13. The van der Waals surface area contributed by atoms with E-state index in [9.17, 15) is 4.79 Å². The molecule has 0 aliphatic carbocycles. The zero-order valence-electron chi connectivity index (χ0n) is 14.9. The Hall–Kier alpha value is -2.92. The molecule has 0 radical (unpaired) electrons. The number of fused-ring (bicyclic) bond motifs is 1. The minimum Gasteiger partial charge on any atom is -0.436 e. The summed E-state index contributed by atoms with van der Waals surface area (Å²) >= 11 is 3.38. The third kappa shape index (κ3) is 3.64. The molecular weight excluding hydrogens is 404 g/mol. The average molecular weight is 421 g/mol. The number of nitrogens with zero attached hydrogens (tertiary/aromatic N) is 1. The summed E-state index contributed by atoms with van der Waals surface area (Å²) in [5.41, 5.74) is 6.07. The van der Waals surface area contributed by atoms with Crippen molar-refractivity contribution in [1.82, 2.24) is 4.98 Å². The largest absolute Gasteiger partial charge is 0.436 e. The second kappa shape index (κ2) is 7.00. The molecule has 0 bridgehead atoms. The molecule has 1 N–H and O–H groups in total. The van der Waals surface area contributed by atoms with Crippen LogP contribution in [0.3, 0.4) is 0 Å². The van der Waals surface area contributed by atoms with E-state index in [1.807, 2.05) is 56.3 Å². The van der Waals surface area contributed by atoms with Crippen molar-refractivity contribution in [3.63, 3.8) is 0 Å². The summed E-state index contributed by atoms with van der Waals surface area (Å²) in [4.78, 5) is 16.9. The molecule has 0 aliphatic heterocycles. The van der Waals surface area contributed by atoms with Gasteiger partial charge in [-0.15, -0.1) is 0 Å². The van der Waals surface area contributed by atoms with E-state index in [1.165, 1.54) is 0 Å². The average Bonchev–Trinajstić information content (AvgIpc) is 3.06. The van der Waals surface area contributed by atoms with Crippen molar-refractivity contribution < 1.29 is 9.21 Å². The highest BCUT2D eigenvalue weighted by Gasteiger charge is 2.11. The summed E-state index contributed by atoms with van der Waals surface area (Å²) in [6.07, 6.45) is 0. The van der Waals surface area contributed by atoms with E-state index in [0.717, 1.165) is 32.3 Å². The molecule has 1 aromatic heterocycles. The molecule has 0 unspecified atom stereocenters. The van der Waals surface area contributed by atoms with Gasteiger partial charge in [0.1, 0.15) is 5.52 Å². The van der Waals surface area contributed by atoms with E-state index >= 15 is 0 Å². The highest BCUT2D eigenvalue weighted by atomic mass is 79.9. The van der Waals surface area contributed by atoms with E-state index < -0.39 is 0 Å². The van der Waals surface area contributed by atoms with Crippen LogP contribution < -0.4 is 5.32 Å². The lowest BCUT2D eigenvalue weighted by atomic mass is 10.1. The summed E-state index contributed by atoms with van der Waals surface area (Å²) < 4.78 is 6.81. The zero-order valence-corrected chi connectivity index (χ0v) is 16.5. The molecular formula is C22H17BrN2O2. The molecule has 4 rings (SSSR count). The number of carbonyl (C=O) groups is 1. The number of aryl methyl sites for hydroxylation is 2. The molecule has 0 atom stereocenters. The molecule has 27 heavy (non-hydrogen) atoms. The summed E-state index contributed by atoms with van der Waals surface area (Å²) in [6.45, 7) is 4.06. The molecule has 0 aliphatic rings. The first-order chi connectivity index (χ1) is 13.0. The maximum absolute atomic E-state index is 12.3. The van der Waals surface area contributed by atoms with E-state index in [2.05, 4.69) is 32.3 Å². The Morgan fingerprint density at radius 1 is 1.04 bits per heavy atom. The van der Waals surface area contributed by atoms with Crippen molar-refractivity contribution in [3.05, 3.63) is 81.8 Å². The monoisotopic (exact) mass is 420 g/mol. The van der Waals surface area contributed by atoms with E-state index in [1.54, 1.807) is 12.1 Å². The highest BCUT2D eigenvalue weighted by Crippen LogP contribution is 2.28. The lowest BCUT2D eigenvalue weighted by molar-refractivity contribution is 0.102. The Kier molecular flexibility index (Phi) is 4.54. The number of rotatable bonds is 3. The van der Waals surface area contributed by atoms with Crippen LogP contribution in [-0.4, -0.2) is 10.9 Å². The molecule has 0 spiro atoms. The first-order valence-electron chi connectivity index (χ1n) is 8.55. The van der Waals surface area contributed by atoms with Crippen LogP contribution in [0.1, 0.15) is 21.5 Å². The van der Waals surface area contributed by atoms with Crippen LogP contribution in [0.2, 0.25) is 0 Å². The van der Waals surface area contributed by atoms with Gasteiger partial charge in [0.15, 0.2) is 5.58 Å². The first kappa shape index (κ1) is 17.5. The van der Waals surface area contributed by atoms with Crippen LogP contribution in [0, 0.1) is 13.8 Å². The van der Waals surface area contributed by atoms with E-state index in [4.69, 9.17) is 4.42 Å². The number of hydrogen-bond donors (Lipinski definition) is 1. The van der Waals surface area contributed by atoms with Crippen molar-refractivity contribution in [1.29, 1.82) is 0 Å². The van der Waals surface area contributed by atoms with Crippen LogP contribution >= 0.6 is 15.9 Å². The van der Waals surface area contributed by atoms with Gasteiger partial charge in [0.05, 0.1) is 0 Å². The SMILES string of the molecule is Cc1cc(C)c2oc(-c3ccc(NC(=O)c4cccc(Br)c4)cc3)nc2c1. The van der Waals surface area contributed by atoms with E-state index in [-0.39, 0.29) is 5.91 Å². The third-order valence-corrected chi connectivity index (χ3v) is 4.79. The summed E-state index contributed by atoms with van der Waals surface area (Å²) in [5, 5.41) is 2.90. The van der Waals surface area contributed by atoms with E-state index in [0.29, 0.717) is 17.1 Å². The number of amides is 1. The fraction of sp³-hybridized carbons (Fsp3) is 0.0909. The second-order valence-electron chi connectivity index (χ2n) is 6.49. The predicted molar refractivity (Wildman–Crippen MR) is 111 cm³/mol. The normalized spacial score (nSPS) is 10.9. The number of benzene rings is 3. The van der Waals surface area contributed by atoms with Crippen molar-refractivity contribution in [2.45, 2.75) is 13.8 Å². The third-order valence-electron chi connectivity index (χ3n) is 4.30. The molecule has 0 saturated carbocycles. The van der Waals surface area contributed by atoms with Gasteiger partial charge in [0, 0.05) is 21.3 Å². The minimum absolute atomic E-state index is 0.156. The molecule has 1 amide bonds. The molecule has 1 heterocycles. The van der Waals surface area contributed by atoms with Crippen molar-refractivity contribution in [2.75, 3.05) is 5.32 Å². The first-order valence-corrected chi connectivity index (χ1v) is 9.34. The fourth-order valence-electron chi connectivity index (χ4n) is 3.03. The fourth-order valence-corrected chi connectivity index (χ4v) is 3.43. The van der Waals surface area contributed by atoms with Gasteiger partial charge in [-0.25, -0.2) is 4.98 Å². The topological polar surface area (TPSA) is 55.1 Å². The van der Waals surface area contributed by atoms with Gasteiger partial charge in [-0.3, -0.25) is 4.79 Å². The summed E-state index contributed by atoms with van der Waals surface area (Å²) in [5.74, 6) is 0.417. The number of carbonyl (C=O) groups excluding carboxylic acids is 1. The lowest BCUT2D eigenvalue weighted by Crippen LogP contribution is -2.11. The quantitative estimate of drug-likeness (QED) is 0.433. The molecule has 0 saturated heterocycles.